The molecule has 2 heteroatoms. The number of nitrogens with zero attached hydrogens (tertiary/aromatic N) is 1. The van der Waals surface area contributed by atoms with Crippen molar-refractivity contribution < 1.29 is 4.90 Å². The van der Waals surface area contributed by atoms with Crippen molar-refractivity contribution in [2.75, 3.05) is 32.7 Å². The smallest absolute Gasteiger partial charge is 0.0661 e. The number of rotatable bonds is 0. The van der Waals surface area contributed by atoms with Crippen LogP contribution in [0, 0.1) is 6.54 Å². The Morgan fingerprint density at radius 1 is 1.25 bits per heavy atom. The molecule has 3 aliphatic rings. The SMILES string of the molecule is [CH-]1CN2CC[NH+]1CC2. The highest BCUT2D eigenvalue weighted by Crippen LogP contribution is 1.93. The predicted molar refractivity (Wildman–Crippen MR) is 31.4 cm³/mol. The van der Waals surface area contributed by atoms with Crippen molar-refractivity contribution >= 4 is 0 Å². The molecule has 0 spiro atoms. The minimum atomic E-state index is 1.23. The van der Waals surface area contributed by atoms with E-state index in [4.69, 9.17) is 0 Å². The van der Waals surface area contributed by atoms with Gasteiger partial charge in [-0.3, -0.25) is 0 Å². The summed E-state index contributed by atoms with van der Waals surface area (Å²) in [4.78, 5) is 4.21. The molecule has 0 radical (unpaired) electrons. The van der Waals surface area contributed by atoms with Crippen molar-refractivity contribution in [3.63, 3.8) is 0 Å². The molecule has 0 aromatic heterocycles. The highest BCUT2D eigenvalue weighted by Gasteiger charge is 2.18. The number of fused-ring (bicyclic) bond motifs is 3. The van der Waals surface area contributed by atoms with E-state index in [0.717, 1.165) is 0 Å². The van der Waals surface area contributed by atoms with Crippen LogP contribution in [-0.4, -0.2) is 37.6 Å². The Bertz CT molecular complexity index is 61.5. The van der Waals surface area contributed by atoms with E-state index < -0.39 is 0 Å². The quantitative estimate of drug-likeness (QED) is 0.369. The summed E-state index contributed by atoms with van der Waals surface area (Å²) in [5, 5.41) is 0. The molecule has 0 aliphatic carbocycles. The normalized spacial score (nSPS) is 45.0. The van der Waals surface area contributed by atoms with Gasteiger partial charge in [0.15, 0.2) is 0 Å². The van der Waals surface area contributed by atoms with Gasteiger partial charge in [-0.15, -0.1) is 6.54 Å². The molecule has 3 saturated heterocycles. The highest BCUT2D eigenvalue weighted by molar-refractivity contribution is 4.71. The summed E-state index contributed by atoms with van der Waals surface area (Å²) in [7, 11) is 0. The van der Waals surface area contributed by atoms with Crippen LogP contribution in [0.2, 0.25) is 0 Å². The second-order valence-electron chi connectivity index (χ2n) is 2.66. The van der Waals surface area contributed by atoms with Crippen LogP contribution >= 0.6 is 0 Å². The average Bonchev–Trinajstić information content (AvgIpc) is 1.92. The maximum atomic E-state index is 2.51. The predicted octanol–water partition coefficient (Wildman–Crippen LogP) is -1.64. The van der Waals surface area contributed by atoms with Gasteiger partial charge in [0, 0.05) is 13.1 Å². The first-order valence-corrected chi connectivity index (χ1v) is 3.35. The lowest BCUT2D eigenvalue weighted by molar-refractivity contribution is -0.884. The first-order valence-electron chi connectivity index (χ1n) is 3.35. The average molecular weight is 112 g/mol. The summed E-state index contributed by atoms with van der Waals surface area (Å²) in [5.74, 6) is 0. The molecule has 0 aromatic carbocycles. The van der Waals surface area contributed by atoms with Crippen molar-refractivity contribution in [2.24, 2.45) is 0 Å². The zero-order valence-electron chi connectivity index (χ0n) is 5.06. The molecule has 1 N–H and O–H groups in total. The van der Waals surface area contributed by atoms with E-state index in [1.165, 1.54) is 32.7 Å². The van der Waals surface area contributed by atoms with E-state index >= 15 is 0 Å². The lowest BCUT2D eigenvalue weighted by Crippen LogP contribution is -3.15. The Hall–Kier alpha value is -0.0800. The van der Waals surface area contributed by atoms with Crippen LogP contribution in [0.1, 0.15) is 0 Å². The number of hydrogen-bond acceptors (Lipinski definition) is 1. The van der Waals surface area contributed by atoms with Crippen molar-refractivity contribution in [3.8, 4) is 0 Å². The van der Waals surface area contributed by atoms with Crippen LogP contribution in [0.3, 0.4) is 0 Å². The van der Waals surface area contributed by atoms with Crippen molar-refractivity contribution in [1.29, 1.82) is 0 Å². The summed E-state index contributed by atoms with van der Waals surface area (Å²) in [6.45, 7) is 8.96. The van der Waals surface area contributed by atoms with Crippen LogP contribution < -0.4 is 4.90 Å². The zero-order valence-corrected chi connectivity index (χ0v) is 5.06. The van der Waals surface area contributed by atoms with Gasteiger partial charge in [-0.25, -0.2) is 0 Å². The largest absolute Gasteiger partial charge is 0.462 e. The van der Waals surface area contributed by atoms with Gasteiger partial charge < -0.3 is 9.80 Å². The van der Waals surface area contributed by atoms with Crippen LogP contribution in [0.5, 0.6) is 0 Å². The van der Waals surface area contributed by atoms with Crippen molar-refractivity contribution in [2.45, 2.75) is 0 Å². The lowest BCUT2D eigenvalue weighted by Gasteiger charge is -2.45. The van der Waals surface area contributed by atoms with E-state index in [-0.39, 0.29) is 0 Å². The molecule has 8 heavy (non-hydrogen) atoms. The fourth-order valence-corrected chi connectivity index (χ4v) is 1.49. The van der Waals surface area contributed by atoms with Crippen LogP contribution in [-0.2, 0) is 0 Å². The van der Waals surface area contributed by atoms with Gasteiger partial charge in [-0.1, -0.05) is 6.54 Å². The Kier molecular flexibility index (Phi) is 1.02. The molecule has 46 valence electrons. The monoisotopic (exact) mass is 112 g/mol. The number of quaternary nitrogens is 1. The summed E-state index contributed by atoms with van der Waals surface area (Å²) < 4.78 is 0. The number of piperazine rings is 3. The summed E-state index contributed by atoms with van der Waals surface area (Å²) >= 11 is 0. The topological polar surface area (TPSA) is 7.68 Å². The van der Waals surface area contributed by atoms with Gasteiger partial charge >= 0.3 is 0 Å². The van der Waals surface area contributed by atoms with Gasteiger partial charge in [0.25, 0.3) is 0 Å². The molecule has 0 aromatic rings. The zero-order chi connectivity index (χ0) is 5.40. The second kappa shape index (κ2) is 1.71. The fraction of sp³-hybridized carbons (Fsp3) is 0.833. The summed E-state index contributed by atoms with van der Waals surface area (Å²) in [5.41, 5.74) is 0. The number of hydrogen-bond donors (Lipinski definition) is 1. The Balaban J connectivity index is 2.03. The van der Waals surface area contributed by atoms with E-state index in [9.17, 15) is 0 Å². The third-order valence-electron chi connectivity index (χ3n) is 2.14. The highest BCUT2D eigenvalue weighted by atomic mass is 15.3. The Morgan fingerprint density at radius 2 is 2.00 bits per heavy atom. The Labute approximate surface area is 50.1 Å². The molecule has 0 amide bonds. The summed E-state index contributed by atoms with van der Waals surface area (Å²) in [6, 6.07) is 0. The molecule has 3 heterocycles. The minimum Gasteiger partial charge on any atom is -0.462 e. The van der Waals surface area contributed by atoms with Gasteiger partial charge in [-0.2, -0.15) is 0 Å². The van der Waals surface area contributed by atoms with Crippen molar-refractivity contribution in [3.05, 3.63) is 6.54 Å². The van der Waals surface area contributed by atoms with Crippen molar-refractivity contribution in [1.82, 2.24) is 4.90 Å². The Morgan fingerprint density at radius 3 is 2.12 bits per heavy atom. The third kappa shape index (κ3) is 0.644. The molecular weight excluding hydrogens is 100 g/mol. The molecule has 2 bridgehead atoms. The van der Waals surface area contributed by atoms with Gasteiger partial charge in [0.05, 0.1) is 13.1 Å². The molecular formula is C6H12N2. The van der Waals surface area contributed by atoms with Crippen LogP contribution in [0.15, 0.2) is 0 Å². The lowest BCUT2D eigenvalue weighted by atomic mass is 10.2. The summed E-state index contributed by atoms with van der Waals surface area (Å²) in [6.07, 6.45) is 0. The van der Waals surface area contributed by atoms with E-state index in [0.29, 0.717) is 0 Å². The molecule has 3 rings (SSSR count). The third-order valence-corrected chi connectivity index (χ3v) is 2.14. The minimum absolute atomic E-state index is 1.23. The standard InChI is InChI=1S/C6H12N2/c1-2-8-5-3-7(1)4-6-8/h1,7H,2-6H2. The molecule has 3 fully saturated rings. The van der Waals surface area contributed by atoms with Gasteiger partial charge in [0.1, 0.15) is 0 Å². The molecule has 2 nitrogen and oxygen atoms in total. The van der Waals surface area contributed by atoms with E-state index in [1.54, 1.807) is 4.90 Å². The van der Waals surface area contributed by atoms with Gasteiger partial charge in [-0.05, 0) is 0 Å². The fourth-order valence-electron chi connectivity index (χ4n) is 1.49. The first kappa shape index (κ1) is 4.77. The second-order valence-corrected chi connectivity index (χ2v) is 2.66. The molecule has 3 aliphatic heterocycles. The number of nitrogens with one attached hydrogen (secondary N) is 1. The van der Waals surface area contributed by atoms with E-state index in [1.807, 2.05) is 0 Å². The molecule has 0 atom stereocenters. The van der Waals surface area contributed by atoms with Gasteiger partial charge in [0.2, 0.25) is 0 Å². The van der Waals surface area contributed by atoms with Crippen LogP contribution in [0.4, 0.5) is 0 Å². The maximum absolute atomic E-state index is 2.51. The first-order chi connectivity index (χ1) is 3.95. The maximum Gasteiger partial charge on any atom is 0.0661 e. The molecule has 0 unspecified atom stereocenters. The van der Waals surface area contributed by atoms with E-state index in [2.05, 4.69) is 11.4 Å². The van der Waals surface area contributed by atoms with Crippen LogP contribution in [0.25, 0.3) is 0 Å². The molecule has 0 saturated carbocycles.